The van der Waals surface area contributed by atoms with Crippen LogP contribution in [0.1, 0.15) is 31.2 Å². The Bertz CT molecular complexity index is 981. The maximum atomic E-state index is 12.4. The number of rotatable bonds is 5. The summed E-state index contributed by atoms with van der Waals surface area (Å²) in [6, 6.07) is 12.7. The molecule has 4 N–H and O–H groups in total. The monoisotopic (exact) mass is 430 g/mol. The molecule has 1 heterocycles. The van der Waals surface area contributed by atoms with Crippen LogP contribution in [0.15, 0.2) is 53.4 Å². The zero-order chi connectivity index (χ0) is 21.6. The Morgan fingerprint density at radius 3 is 1.90 bits per heavy atom. The highest BCUT2D eigenvalue weighted by molar-refractivity contribution is 7.89. The fourth-order valence-electron chi connectivity index (χ4n) is 3.30. The van der Waals surface area contributed by atoms with Crippen LogP contribution < -0.4 is 15.8 Å². The largest absolute Gasteiger partial charge is 0.326 e. The summed E-state index contributed by atoms with van der Waals surface area (Å²) < 4.78 is 22.6. The summed E-state index contributed by atoms with van der Waals surface area (Å²) in [4.78, 5) is 26.4. The second-order valence-electron chi connectivity index (χ2n) is 7.32. The van der Waals surface area contributed by atoms with Crippen LogP contribution in [0.25, 0.3) is 0 Å². The number of anilines is 2. The number of benzene rings is 2. The number of sulfonamides is 1. The lowest BCUT2D eigenvalue weighted by Gasteiger charge is -2.20. The topological polar surface area (TPSA) is 122 Å². The van der Waals surface area contributed by atoms with E-state index in [-0.39, 0.29) is 23.3 Å². The molecule has 0 spiro atoms. The molecule has 3 amide bonds. The number of nitrogens with zero attached hydrogens (tertiary/aromatic N) is 1. The molecule has 1 saturated heterocycles. The molecule has 2 aromatic rings. The third-order valence-electron chi connectivity index (χ3n) is 4.93. The summed E-state index contributed by atoms with van der Waals surface area (Å²) >= 11 is 0. The Kier molecular flexibility index (Phi) is 7.07. The van der Waals surface area contributed by atoms with Gasteiger partial charge in [0.2, 0.25) is 15.9 Å². The Morgan fingerprint density at radius 2 is 1.37 bits per heavy atom. The van der Waals surface area contributed by atoms with Crippen LogP contribution in [0, 0.1) is 0 Å². The van der Waals surface area contributed by atoms with E-state index in [9.17, 15) is 18.0 Å². The smallest absolute Gasteiger partial charge is 0.321 e. The normalized spacial score (nSPS) is 14.6. The Labute approximate surface area is 176 Å². The molecule has 2 aromatic carbocycles. The van der Waals surface area contributed by atoms with Crippen molar-refractivity contribution in [3.63, 3.8) is 0 Å². The molecule has 160 valence electrons. The Balaban J connectivity index is 1.52. The van der Waals surface area contributed by atoms with Gasteiger partial charge in [-0.3, -0.25) is 4.79 Å². The van der Waals surface area contributed by atoms with Gasteiger partial charge < -0.3 is 15.5 Å². The number of amides is 3. The summed E-state index contributed by atoms with van der Waals surface area (Å²) in [6.45, 7) is 1.55. The predicted molar refractivity (Wildman–Crippen MR) is 116 cm³/mol. The first-order valence-electron chi connectivity index (χ1n) is 9.89. The summed E-state index contributed by atoms with van der Waals surface area (Å²) in [5.74, 6) is -0.236. The summed E-state index contributed by atoms with van der Waals surface area (Å²) in [5.41, 5.74) is 1.94. The molecule has 0 saturated carbocycles. The van der Waals surface area contributed by atoms with E-state index in [1.165, 1.54) is 12.1 Å². The van der Waals surface area contributed by atoms with Crippen molar-refractivity contribution in [3.8, 4) is 0 Å². The zero-order valence-corrected chi connectivity index (χ0v) is 17.5. The van der Waals surface area contributed by atoms with Gasteiger partial charge in [-0.2, -0.15) is 0 Å². The fourth-order valence-corrected chi connectivity index (χ4v) is 3.82. The van der Waals surface area contributed by atoms with Gasteiger partial charge in [-0.05, 0) is 54.8 Å². The van der Waals surface area contributed by atoms with Crippen molar-refractivity contribution in [2.24, 2.45) is 5.14 Å². The predicted octanol–water partition coefficient (Wildman–Crippen LogP) is 2.92. The first kappa shape index (κ1) is 21.8. The number of carbonyl (C=O) groups excluding carboxylic acids is 2. The van der Waals surface area contributed by atoms with Crippen molar-refractivity contribution in [2.75, 3.05) is 23.7 Å². The van der Waals surface area contributed by atoms with Crippen molar-refractivity contribution >= 4 is 33.3 Å². The van der Waals surface area contributed by atoms with Gasteiger partial charge in [-0.25, -0.2) is 18.4 Å². The zero-order valence-electron chi connectivity index (χ0n) is 16.6. The average Bonchev–Trinajstić information content (AvgIpc) is 2.99. The van der Waals surface area contributed by atoms with Gasteiger partial charge in [0.25, 0.3) is 0 Å². The molecule has 0 aromatic heterocycles. The molecule has 3 rings (SSSR count). The highest BCUT2D eigenvalue weighted by atomic mass is 32.2. The number of likely N-dealkylation sites (tertiary alicyclic amines) is 1. The molecular formula is C21H26N4O4S. The van der Waals surface area contributed by atoms with E-state index < -0.39 is 10.0 Å². The van der Waals surface area contributed by atoms with Gasteiger partial charge in [-0.1, -0.05) is 25.0 Å². The van der Waals surface area contributed by atoms with Gasteiger partial charge in [0.05, 0.1) is 11.3 Å². The van der Waals surface area contributed by atoms with Crippen molar-refractivity contribution in [1.29, 1.82) is 0 Å². The van der Waals surface area contributed by atoms with Crippen molar-refractivity contribution < 1.29 is 18.0 Å². The number of urea groups is 1. The number of nitrogens with two attached hydrogens (primary N) is 1. The maximum Gasteiger partial charge on any atom is 0.321 e. The molecule has 0 bridgehead atoms. The third-order valence-corrected chi connectivity index (χ3v) is 5.86. The van der Waals surface area contributed by atoms with E-state index in [0.29, 0.717) is 16.9 Å². The van der Waals surface area contributed by atoms with Crippen LogP contribution in [0.2, 0.25) is 0 Å². The van der Waals surface area contributed by atoms with E-state index in [1.54, 1.807) is 36.4 Å². The molecule has 0 unspecified atom stereocenters. The lowest BCUT2D eigenvalue weighted by molar-refractivity contribution is -0.115. The van der Waals surface area contributed by atoms with Gasteiger partial charge in [-0.15, -0.1) is 0 Å². The summed E-state index contributed by atoms with van der Waals surface area (Å²) in [5, 5.41) is 10.7. The van der Waals surface area contributed by atoms with E-state index in [4.69, 9.17) is 5.14 Å². The van der Waals surface area contributed by atoms with E-state index in [1.807, 2.05) is 4.90 Å². The van der Waals surface area contributed by atoms with Crippen LogP contribution in [0.4, 0.5) is 16.2 Å². The number of hydrogen-bond acceptors (Lipinski definition) is 4. The maximum absolute atomic E-state index is 12.4. The Hall–Kier alpha value is -2.91. The van der Waals surface area contributed by atoms with E-state index >= 15 is 0 Å². The quantitative estimate of drug-likeness (QED) is 0.675. The lowest BCUT2D eigenvalue weighted by atomic mass is 10.1. The molecular weight excluding hydrogens is 404 g/mol. The first-order valence-corrected chi connectivity index (χ1v) is 11.4. The number of hydrogen-bond donors (Lipinski definition) is 3. The minimum Gasteiger partial charge on any atom is -0.326 e. The number of nitrogens with one attached hydrogen (secondary N) is 2. The minimum atomic E-state index is -3.75. The van der Waals surface area contributed by atoms with Crippen molar-refractivity contribution in [3.05, 3.63) is 54.1 Å². The molecule has 0 radical (unpaired) electrons. The first-order chi connectivity index (χ1) is 14.3. The van der Waals surface area contributed by atoms with E-state index in [2.05, 4.69) is 10.6 Å². The fraction of sp³-hybridized carbons (Fsp3) is 0.333. The summed E-state index contributed by atoms with van der Waals surface area (Å²) in [6.07, 6.45) is 4.48. The van der Waals surface area contributed by atoms with Gasteiger partial charge in [0.15, 0.2) is 0 Å². The van der Waals surface area contributed by atoms with E-state index in [0.717, 1.165) is 38.8 Å². The van der Waals surface area contributed by atoms with Crippen molar-refractivity contribution in [2.45, 2.75) is 37.0 Å². The van der Waals surface area contributed by atoms with Gasteiger partial charge in [0.1, 0.15) is 0 Å². The standard InChI is InChI=1S/C21H26N4O4S/c22-30(28,29)19-11-5-16(6-12-19)15-20(26)23-17-7-9-18(10-8-17)24-21(27)25-13-3-1-2-4-14-25/h5-12H,1-4,13-15H2,(H,23,26)(H,24,27)(H2,22,28,29). The lowest BCUT2D eigenvalue weighted by Crippen LogP contribution is -2.35. The minimum absolute atomic E-state index is 0.00414. The highest BCUT2D eigenvalue weighted by Crippen LogP contribution is 2.17. The SMILES string of the molecule is NS(=O)(=O)c1ccc(CC(=O)Nc2ccc(NC(=O)N3CCCCCC3)cc2)cc1. The van der Waals surface area contributed by atoms with Crippen LogP contribution in [-0.4, -0.2) is 38.3 Å². The molecule has 0 atom stereocenters. The van der Waals surface area contributed by atoms with Gasteiger partial charge >= 0.3 is 6.03 Å². The Morgan fingerprint density at radius 1 is 0.833 bits per heavy atom. The molecule has 30 heavy (non-hydrogen) atoms. The number of primary sulfonamides is 1. The van der Waals surface area contributed by atoms with Crippen LogP contribution in [0.3, 0.4) is 0 Å². The third kappa shape index (κ3) is 6.30. The molecule has 1 aliphatic heterocycles. The number of carbonyl (C=O) groups is 2. The second-order valence-corrected chi connectivity index (χ2v) is 8.88. The molecule has 1 fully saturated rings. The average molecular weight is 431 g/mol. The highest BCUT2D eigenvalue weighted by Gasteiger charge is 2.15. The molecule has 1 aliphatic rings. The van der Waals surface area contributed by atoms with Crippen LogP contribution in [-0.2, 0) is 21.2 Å². The molecule has 9 heteroatoms. The second kappa shape index (κ2) is 9.73. The van der Waals surface area contributed by atoms with Crippen molar-refractivity contribution in [1.82, 2.24) is 4.90 Å². The summed E-state index contributed by atoms with van der Waals surface area (Å²) in [7, 11) is -3.75. The molecule has 8 nitrogen and oxygen atoms in total. The van der Waals surface area contributed by atoms with Crippen LogP contribution >= 0.6 is 0 Å². The van der Waals surface area contributed by atoms with Crippen LogP contribution in [0.5, 0.6) is 0 Å². The van der Waals surface area contributed by atoms with Gasteiger partial charge in [0, 0.05) is 24.5 Å². The molecule has 0 aliphatic carbocycles.